The first kappa shape index (κ1) is 14.9. The topological polar surface area (TPSA) is 35.5 Å². The van der Waals surface area contributed by atoms with Crippen molar-refractivity contribution in [1.29, 1.82) is 0 Å². The average molecular weight is 276 g/mol. The molecule has 0 saturated carbocycles. The van der Waals surface area contributed by atoms with Crippen LogP contribution in [0.3, 0.4) is 0 Å². The number of hydrogen-bond acceptors (Lipinski definition) is 3. The van der Waals surface area contributed by atoms with E-state index in [1.807, 2.05) is 12.1 Å². The molecule has 1 aliphatic heterocycles. The normalized spacial score (nSPS) is 12.7. The predicted octanol–water partition coefficient (Wildman–Crippen LogP) is 4.74. The van der Waals surface area contributed by atoms with Gasteiger partial charge in [-0.25, -0.2) is 0 Å². The van der Waals surface area contributed by atoms with Gasteiger partial charge in [0.25, 0.3) is 0 Å². The molecule has 1 aromatic carbocycles. The Hall–Kier alpha value is -1.51. The lowest BCUT2D eigenvalue weighted by atomic mass is 10.0. The molecular formula is C17H24O3. The van der Waals surface area contributed by atoms with Crippen LogP contribution in [0.4, 0.5) is 0 Å². The molecule has 1 aromatic rings. The average Bonchev–Trinajstić information content (AvgIpc) is 2.93. The zero-order valence-corrected chi connectivity index (χ0v) is 12.3. The quantitative estimate of drug-likeness (QED) is 0.483. The minimum Gasteiger partial charge on any atom is -0.454 e. The molecule has 20 heavy (non-hydrogen) atoms. The summed E-state index contributed by atoms with van der Waals surface area (Å²) in [5.41, 5.74) is 0.736. The first-order valence-corrected chi connectivity index (χ1v) is 7.74. The van der Waals surface area contributed by atoms with Crippen LogP contribution in [0.25, 0.3) is 0 Å². The van der Waals surface area contributed by atoms with Gasteiger partial charge in [0, 0.05) is 12.0 Å². The van der Waals surface area contributed by atoms with Crippen molar-refractivity contribution in [3.05, 3.63) is 23.8 Å². The monoisotopic (exact) mass is 276 g/mol. The maximum absolute atomic E-state index is 12.1. The molecule has 1 heterocycles. The van der Waals surface area contributed by atoms with Gasteiger partial charge in [-0.3, -0.25) is 4.79 Å². The predicted molar refractivity (Wildman–Crippen MR) is 79.5 cm³/mol. The number of fused-ring (bicyclic) bond motifs is 1. The van der Waals surface area contributed by atoms with E-state index in [-0.39, 0.29) is 12.6 Å². The van der Waals surface area contributed by atoms with Crippen LogP contribution >= 0.6 is 0 Å². The number of carbonyl (C=O) groups is 1. The van der Waals surface area contributed by atoms with Crippen molar-refractivity contribution >= 4 is 5.78 Å². The highest BCUT2D eigenvalue weighted by molar-refractivity contribution is 5.96. The van der Waals surface area contributed by atoms with Gasteiger partial charge in [-0.1, -0.05) is 45.4 Å². The second kappa shape index (κ2) is 7.93. The van der Waals surface area contributed by atoms with Gasteiger partial charge in [-0.15, -0.1) is 0 Å². The second-order valence-electron chi connectivity index (χ2n) is 5.36. The van der Waals surface area contributed by atoms with Gasteiger partial charge in [0.1, 0.15) is 0 Å². The maximum Gasteiger partial charge on any atom is 0.231 e. The molecular weight excluding hydrogens is 252 g/mol. The van der Waals surface area contributed by atoms with Crippen LogP contribution < -0.4 is 9.47 Å². The Morgan fingerprint density at radius 3 is 2.50 bits per heavy atom. The number of ether oxygens (including phenoxy) is 2. The van der Waals surface area contributed by atoms with Crippen LogP contribution in [-0.4, -0.2) is 12.6 Å². The number of rotatable bonds is 9. The van der Waals surface area contributed by atoms with Gasteiger partial charge in [0.15, 0.2) is 17.3 Å². The first-order chi connectivity index (χ1) is 9.81. The number of ketones is 1. The Labute approximate surface area is 121 Å². The molecule has 0 aromatic heterocycles. The fraction of sp³-hybridized carbons (Fsp3) is 0.588. The molecule has 110 valence electrons. The molecule has 0 amide bonds. The standard InChI is InChI=1S/C17H24O3/c1-2-3-4-5-6-7-8-9-15(18)14-10-11-16-17(12-14)20-13-19-16/h10-12H,2-9,13H2,1H3. The second-order valence-corrected chi connectivity index (χ2v) is 5.36. The van der Waals surface area contributed by atoms with Crippen molar-refractivity contribution < 1.29 is 14.3 Å². The van der Waals surface area contributed by atoms with E-state index in [4.69, 9.17) is 9.47 Å². The number of unbranched alkanes of at least 4 members (excludes halogenated alkanes) is 6. The molecule has 1 aliphatic rings. The van der Waals surface area contributed by atoms with E-state index in [0.29, 0.717) is 12.2 Å². The Morgan fingerprint density at radius 1 is 1.00 bits per heavy atom. The number of hydrogen-bond donors (Lipinski definition) is 0. The largest absolute Gasteiger partial charge is 0.454 e. The van der Waals surface area contributed by atoms with E-state index < -0.39 is 0 Å². The highest BCUT2D eigenvalue weighted by Gasteiger charge is 2.15. The van der Waals surface area contributed by atoms with E-state index in [1.54, 1.807) is 6.07 Å². The van der Waals surface area contributed by atoms with Crippen LogP contribution in [-0.2, 0) is 0 Å². The summed E-state index contributed by atoms with van der Waals surface area (Å²) in [6.45, 7) is 2.48. The third kappa shape index (κ3) is 4.26. The molecule has 0 saturated heterocycles. The smallest absolute Gasteiger partial charge is 0.231 e. The molecule has 0 spiro atoms. The third-order valence-corrected chi connectivity index (χ3v) is 3.70. The molecule has 0 bridgehead atoms. The lowest BCUT2D eigenvalue weighted by molar-refractivity contribution is 0.0978. The Morgan fingerprint density at radius 2 is 1.70 bits per heavy atom. The van der Waals surface area contributed by atoms with E-state index in [0.717, 1.165) is 24.2 Å². The van der Waals surface area contributed by atoms with Crippen LogP contribution in [0.5, 0.6) is 11.5 Å². The van der Waals surface area contributed by atoms with E-state index in [1.165, 1.54) is 32.1 Å². The zero-order chi connectivity index (χ0) is 14.2. The van der Waals surface area contributed by atoms with Crippen LogP contribution in [0.15, 0.2) is 18.2 Å². The molecule has 0 aliphatic carbocycles. The molecule has 0 N–H and O–H groups in total. The van der Waals surface area contributed by atoms with E-state index >= 15 is 0 Å². The minimum atomic E-state index is 0.205. The molecule has 0 fully saturated rings. The van der Waals surface area contributed by atoms with Crippen LogP contribution in [0, 0.1) is 0 Å². The SMILES string of the molecule is CCCCCCCCCC(=O)c1ccc2c(c1)OCO2. The van der Waals surface area contributed by atoms with Gasteiger partial charge in [0.2, 0.25) is 6.79 Å². The maximum atomic E-state index is 12.1. The van der Waals surface area contributed by atoms with Gasteiger partial charge in [-0.05, 0) is 24.6 Å². The highest BCUT2D eigenvalue weighted by atomic mass is 16.7. The molecule has 3 nitrogen and oxygen atoms in total. The molecule has 0 radical (unpaired) electrons. The van der Waals surface area contributed by atoms with Gasteiger partial charge >= 0.3 is 0 Å². The van der Waals surface area contributed by atoms with Gasteiger partial charge in [0.05, 0.1) is 0 Å². The molecule has 0 atom stereocenters. The fourth-order valence-electron chi connectivity index (χ4n) is 2.46. The van der Waals surface area contributed by atoms with Crippen molar-refractivity contribution in [2.45, 2.75) is 58.3 Å². The minimum absolute atomic E-state index is 0.205. The van der Waals surface area contributed by atoms with Crippen LogP contribution in [0.1, 0.15) is 68.6 Å². The summed E-state index contributed by atoms with van der Waals surface area (Å²) < 4.78 is 10.5. The summed E-state index contributed by atoms with van der Waals surface area (Å²) in [5.74, 6) is 1.63. The zero-order valence-electron chi connectivity index (χ0n) is 12.3. The number of benzene rings is 1. The van der Waals surface area contributed by atoms with E-state index in [2.05, 4.69) is 6.92 Å². The molecule has 0 unspecified atom stereocenters. The number of carbonyl (C=O) groups excluding carboxylic acids is 1. The van der Waals surface area contributed by atoms with Crippen molar-refractivity contribution in [1.82, 2.24) is 0 Å². The fourth-order valence-corrected chi connectivity index (χ4v) is 2.46. The van der Waals surface area contributed by atoms with Crippen molar-refractivity contribution in [2.24, 2.45) is 0 Å². The van der Waals surface area contributed by atoms with Gasteiger partial charge in [-0.2, -0.15) is 0 Å². The van der Waals surface area contributed by atoms with Gasteiger partial charge < -0.3 is 9.47 Å². The summed E-state index contributed by atoms with van der Waals surface area (Å²) in [4.78, 5) is 12.1. The summed E-state index contributed by atoms with van der Waals surface area (Å²) in [7, 11) is 0. The Bertz CT molecular complexity index is 440. The lowest BCUT2D eigenvalue weighted by Gasteiger charge is -2.03. The summed E-state index contributed by atoms with van der Waals surface area (Å²) in [6, 6.07) is 5.45. The summed E-state index contributed by atoms with van der Waals surface area (Å²) >= 11 is 0. The third-order valence-electron chi connectivity index (χ3n) is 3.70. The van der Waals surface area contributed by atoms with E-state index in [9.17, 15) is 4.79 Å². The Kier molecular flexibility index (Phi) is 5.90. The van der Waals surface area contributed by atoms with Crippen molar-refractivity contribution in [2.75, 3.05) is 6.79 Å². The lowest BCUT2D eigenvalue weighted by Crippen LogP contribution is -1.99. The molecule has 2 rings (SSSR count). The number of Topliss-reactive ketones (excluding diaryl/α,β-unsaturated/α-hetero) is 1. The van der Waals surface area contributed by atoms with Crippen LogP contribution in [0.2, 0.25) is 0 Å². The highest BCUT2D eigenvalue weighted by Crippen LogP contribution is 2.32. The van der Waals surface area contributed by atoms with Crippen molar-refractivity contribution in [3.8, 4) is 11.5 Å². The Balaban J connectivity index is 1.67. The van der Waals surface area contributed by atoms with Crippen molar-refractivity contribution in [3.63, 3.8) is 0 Å². The first-order valence-electron chi connectivity index (χ1n) is 7.74. The summed E-state index contributed by atoms with van der Waals surface area (Å²) in [6.07, 6.45) is 9.25. The summed E-state index contributed by atoms with van der Waals surface area (Å²) in [5, 5.41) is 0. The molecule has 3 heteroatoms.